The molecular formula is C12H15ClN2O4. The lowest BCUT2D eigenvalue weighted by Crippen LogP contribution is -2.48. The van der Waals surface area contributed by atoms with E-state index in [2.05, 4.69) is 5.32 Å². The molecule has 1 aromatic rings. The lowest BCUT2D eigenvalue weighted by Gasteiger charge is -2.27. The summed E-state index contributed by atoms with van der Waals surface area (Å²) in [7, 11) is 0. The third-order valence-electron chi connectivity index (χ3n) is 2.96. The van der Waals surface area contributed by atoms with Crippen LogP contribution in [0.5, 0.6) is 0 Å². The van der Waals surface area contributed by atoms with Crippen LogP contribution in [0.1, 0.15) is 30.6 Å². The van der Waals surface area contributed by atoms with Crippen LogP contribution in [-0.2, 0) is 0 Å². The van der Waals surface area contributed by atoms with Gasteiger partial charge in [0.05, 0.1) is 22.1 Å². The molecule has 0 bridgehead atoms. The number of hydrogen-bond donors (Lipinski definition) is 2. The van der Waals surface area contributed by atoms with Gasteiger partial charge >= 0.3 is 0 Å². The van der Waals surface area contributed by atoms with E-state index in [1.165, 1.54) is 18.2 Å². The maximum Gasteiger partial charge on any atom is 0.283 e. The topological polar surface area (TPSA) is 92.5 Å². The first-order valence-corrected chi connectivity index (χ1v) is 6.08. The minimum absolute atomic E-state index is 0.00286. The van der Waals surface area contributed by atoms with Crippen molar-refractivity contribution in [3.8, 4) is 0 Å². The molecule has 0 fully saturated rings. The minimum atomic E-state index is -0.843. The van der Waals surface area contributed by atoms with Crippen LogP contribution in [0.4, 0.5) is 5.69 Å². The summed E-state index contributed by atoms with van der Waals surface area (Å²) < 4.78 is 0. The fourth-order valence-corrected chi connectivity index (χ4v) is 1.72. The predicted molar refractivity (Wildman–Crippen MR) is 71.4 cm³/mol. The molecule has 6 nitrogen and oxygen atoms in total. The molecule has 0 aromatic heterocycles. The van der Waals surface area contributed by atoms with Crippen molar-refractivity contribution in [2.45, 2.75) is 25.8 Å². The van der Waals surface area contributed by atoms with E-state index >= 15 is 0 Å². The molecule has 2 N–H and O–H groups in total. The second-order valence-corrected chi connectivity index (χ2v) is 4.82. The van der Waals surface area contributed by atoms with Crippen molar-refractivity contribution >= 4 is 23.2 Å². The maximum atomic E-state index is 12.1. The third kappa shape index (κ3) is 3.42. The molecule has 0 aliphatic rings. The van der Waals surface area contributed by atoms with Gasteiger partial charge in [-0.05, 0) is 19.4 Å². The van der Waals surface area contributed by atoms with E-state index in [1.807, 2.05) is 0 Å². The number of aliphatic hydroxyl groups excluding tert-OH is 1. The quantitative estimate of drug-likeness (QED) is 0.640. The Labute approximate surface area is 115 Å². The Morgan fingerprint density at radius 1 is 1.58 bits per heavy atom. The Kier molecular flexibility index (Phi) is 4.85. The minimum Gasteiger partial charge on any atom is -0.394 e. The van der Waals surface area contributed by atoms with E-state index < -0.39 is 16.4 Å². The number of benzene rings is 1. The van der Waals surface area contributed by atoms with Crippen LogP contribution in [0.15, 0.2) is 18.2 Å². The average molecular weight is 287 g/mol. The Hall–Kier alpha value is -1.66. The number of halogens is 1. The zero-order chi connectivity index (χ0) is 14.6. The van der Waals surface area contributed by atoms with E-state index in [1.54, 1.807) is 13.8 Å². The predicted octanol–water partition coefficient (Wildman–Crippen LogP) is 2.14. The van der Waals surface area contributed by atoms with Crippen LogP contribution in [0.25, 0.3) is 0 Å². The number of amides is 1. The molecule has 1 aromatic carbocycles. The zero-order valence-electron chi connectivity index (χ0n) is 10.6. The molecule has 7 heteroatoms. The van der Waals surface area contributed by atoms with Crippen LogP contribution in [0, 0.1) is 10.1 Å². The second kappa shape index (κ2) is 5.99. The van der Waals surface area contributed by atoms with Crippen molar-refractivity contribution in [2.75, 3.05) is 6.61 Å². The molecule has 0 saturated carbocycles. The standard InChI is InChI=1S/C12H15ClN2O4/c1-3-12(2,7-16)14-11(17)10-8(13)5-4-6-9(10)15(18)19/h4-6,16H,3,7H2,1-2H3,(H,14,17). The molecule has 1 unspecified atom stereocenters. The van der Waals surface area contributed by atoms with Gasteiger partial charge in [0.1, 0.15) is 5.56 Å². The molecule has 104 valence electrons. The fraction of sp³-hybridized carbons (Fsp3) is 0.417. The summed E-state index contributed by atoms with van der Waals surface area (Å²) in [4.78, 5) is 22.4. The fourth-order valence-electron chi connectivity index (χ4n) is 1.47. The largest absolute Gasteiger partial charge is 0.394 e. The molecule has 0 aliphatic heterocycles. The molecule has 0 saturated heterocycles. The summed E-state index contributed by atoms with van der Waals surface area (Å²) in [5, 5.41) is 22.7. The second-order valence-electron chi connectivity index (χ2n) is 4.42. The van der Waals surface area contributed by atoms with Crippen molar-refractivity contribution in [1.29, 1.82) is 0 Å². The maximum absolute atomic E-state index is 12.1. The first-order chi connectivity index (χ1) is 8.84. The van der Waals surface area contributed by atoms with Crippen LogP contribution in [0.3, 0.4) is 0 Å². The van der Waals surface area contributed by atoms with Gasteiger partial charge in [-0.1, -0.05) is 24.6 Å². The number of nitro groups is 1. The summed E-state index contributed by atoms with van der Waals surface area (Å²) in [5.41, 5.74) is -1.40. The van der Waals surface area contributed by atoms with Crippen molar-refractivity contribution in [1.82, 2.24) is 5.32 Å². The first kappa shape index (κ1) is 15.4. The van der Waals surface area contributed by atoms with Crippen molar-refractivity contribution in [2.24, 2.45) is 0 Å². The van der Waals surface area contributed by atoms with E-state index in [9.17, 15) is 20.0 Å². The highest BCUT2D eigenvalue weighted by molar-refractivity contribution is 6.34. The lowest BCUT2D eigenvalue weighted by atomic mass is 9.99. The SMILES string of the molecule is CCC(C)(CO)NC(=O)c1c(Cl)cccc1[N+](=O)[O-]. The summed E-state index contributed by atoms with van der Waals surface area (Å²) in [6, 6.07) is 4.02. The number of aliphatic hydroxyl groups is 1. The molecule has 0 radical (unpaired) electrons. The molecular weight excluding hydrogens is 272 g/mol. The van der Waals surface area contributed by atoms with Gasteiger partial charge in [-0.2, -0.15) is 0 Å². The van der Waals surface area contributed by atoms with E-state index in [0.29, 0.717) is 6.42 Å². The Bertz CT molecular complexity index is 501. The Balaban J connectivity index is 3.16. The van der Waals surface area contributed by atoms with Crippen molar-refractivity contribution in [3.05, 3.63) is 38.9 Å². The van der Waals surface area contributed by atoms with E-state index in [4.69, 9.17) is 11.6 Å². The number of nitrogens with zero attached hydrogens (tertiary/aromatic N) is 1. The number of hydrogen-bond acceptors (Lipinski definition) is 4. The van der Waals surface area contributed by atoms with Crippen LogP contribution >= 0.6 is 11.6 Å². The van der Waals surface area contributed by atoms with Gasteiger partial charge in [0.2, 0.25) is 0 Å². The van der Waals surface area contributed by atoms with Gasteiger partial charge in [-0.3, -0.25) is 14.9 Å². The molecule has 0 aliphatic carbocycles. The highest BCUT2D eigenvalue weighted by Crippen LogP contribution is 2.26. The van der Waals surface area contributed by atoms with Gasteiger partial charge in [-0.15, -0.1) is 0 Å². The molecule has 0 heterocycles. The van der Waals surface area contributed by atoms with Gasteiger partial charge < -0.3 is 10.4 Å². The zero-order valence-corrected chi connectivity index (χ0v) is 11.4. The number of nitro benzene ring substituents is 1. The highest BCUT2D eigenvalue weighted by atomic mass is 35.5. The average Bonchev–Trinajstić information content (AvgIpc) is 2.37. The van der Waals surface area contributed by atoms with Gasteiger partial charge in [0.15, 0.2) is 0 Å². The summed E-state index contributed by atoms with van der Waals surface area (Å²) in [6.45, 7) is 3.17. The van der Waals surface area contributed by atoms with E-state index in [-0.39, 0.29) is 22.9 Å². The molecule has 0 spiro atoms. The van der Waals surface area contributed by atoms with Gasteiger partial charge in [-0.25, -0.2) is 0 Å². The number of rotatable bonds is 5. The number of carbonyl (C=O) groups is 1. The normalized spacial score (nSPS) is 13.7. The summed E-state index contributed by atoms with van der Waals surface area (Å²) in [5.74, 6) is -0.671. The van der Waals surface area contributed by atoms with Crippen molar-refractivity contribution < 1.29 is 14.8 Å². The summed E-state index contributed by atoms with van der Waals surface area (Å²) in [6.07, 6.45) is 0.480. The molecule has 1 rings (SSSR count). The van der Waals surface area contributed by atoms with Crippen LogP contribution in [0.2, 0.25) is 5.02 Å². The number of nitrogens with one attached hydrogen (secondary N) is 1. The lowest BCUT2D eigenvalue weighted by molar-refractivity contribution is -0.385. The molecule has 1 amide bonds. The van der Waals surface area contributed by atoms with Crippen LogP contribution in [-0.4, -0.2) is 28.1 Å². The monoisotopic (exact) mass is 286 g/mol. The van der Waals surface area contributed by atoms with Gasteiger partial charge in [0, 0.05) is 6.07 Å². The highest BCUT2D eigenvalue weighted by Gasteiger charge is 2.29. The first-order valence-electron chi connectivity index (χ1n) is 5.71. The Morgan fingerprint density at radius 2 is 2.21 bits per heavy atom. The van der Waals surface area contributed by atoms with E-state index in [0.717, 1.165) is 0 Å². The third-order valence-corrected chi connectivity index (χ3v) is 3.27. The summed E-state index contributed by atoms with van der Waals surface area (Å²) >= 11 is 5.86. The van der Waals surface area contributed by atoms with Gasteiger partial charge in [0.25, 0.3) is 11.6 Å². The van der Waals surface area contributed by atoms with Crippen molar-refractivity contribution in [3.63, 3.8) is 0 Å². The Morgan fingerprint density at radius 3 is 2.68 bits per heavy atom. The van der Waals surface area contributed by atoms with Crippen LogP contribution < -0.4 is 5.32 Å². The molecule has 1 atom stereocenters. The number of carbonyl (C=O) groups excluding carboxylic acids is 1. The molecule has 19 heavy (non-hydrogen) atoms. The smallest absolute Gasteiger partial charge is 0.283 e.